The maximum absolute atomic E-state index is 6.27. The van der Waals surface area contributed by atoms with Gasteiger partial charge in [0.25, 0.3) is 0 Å². The molecule has 1 aromatic carbocycles. The summed E-state index contributed by atoms with van der Waals surface area (Å²) in [5.41, 5.74) is 6.21. The van der Waals surface area contributed by atoms with Crippen LogP contribution in [0.5, 0.6) is 5.75 Å². The molecule has 1 atom stereocenters. The van der Waals surface area contributed by atoms with Crippen LogP contribution in [-0.4, -0.2) is 36.0 Å². The zero-order chi connectivity index (χ0) is 13.9. The Balaban J connectivity index is 1.54. The van der Waals surface area contributed by atoms with Gasteiger partial charge >= 0.3 is 0 Å². The molecule has 1 aliphatic heterocycles. The molecule has 0 unspecified atom stereocenters. The molecular formula is C15H21ClN2OS. The standard InChI is InChI=1S/C15H21ClN2OS/c16-13-9-12(5-6-14(13)19-11-3-4-11)20-15(17)10-18-7-1-2-8-18/h5-6,9,11,15H,1-4,7-8,10,17H2/t15-/m0/s1. The maximum atomic E-state index is 6.27. The SMILES string of the molecule is N[C@H](CN1CCCC1)Sc1ccc(OC2CC2)c(Cl)c1. The van der Waals surface area contributed by atoms with Crippen molar-refractivity contribution >= 4 is 23.4 Å². The van der Waals surface area contributed by atoms with E-state index in [1.807, 2.05) is 12.1 Å². The lowest BCUT2D eigenvalue weighted by molar-refractivity contribution is 0.303. The second-order valence-corrected chi connectivity index (χ2v) is 7.29. The molecule has 0 bridgehead atoms. The van der Waals surface area contributed by atoms with Crippen molar-refractivity contribution in [2.75, 3.05) is 19.6 Å². The lowest BCUT2D eigenvalue weighted by Crippen LogP contribution is -2.33. The van der Waals surface area contributed by atoms with Gasteiger partial charge in [-0.3, -0.25) is 0 Å². The molecule has 110 valence electrons. The Hall–Kier alpha value is -0.420. The number of thioether (sulfide) groups is 1. The molecule has 1 saturated carbocycles. The summed E-state index contributed by atoms with van der Waals surface area (Å²) < 4.78 is 5.74. The highest BCUT2D eigenvalue weighted by Gasteiger charge is 2.24. The molecule has 0 amide bonds. The van der Waals surface area contributed by atoms with Crippen LogP contribution in [0.1, 0.15) is 25.7 Å². The number of hydrogen-bond donors (Lipinski definition) is 1. The first-order valence-corrected chi connectivity index (χ1v) is 8.57. The molecule has 3 nitrogen and oxygen atoms in total. The number of nitrogens with two attached hydrogens (primary N) is 1. The largest absolute Gasteiger partial charge is 0.489 e. The van der Waals surface area contributed by atoms with E-state index in [9.17, 15) is 0 Å². The van der Waals surface area contributed by atoms with Crippen LogP contribution in [0.2, 0.25) is 5.02 Å². The van der Waals surface area contributed by atoms with Gasteiger partial charge in [0.1, 0.15) is 5.75 Å². The Bertz CT molecular complexity index is 461. The number of halogens is 1. The fraction of sp³-hybridized carbons (Fsp3) is 0.600. The summed E-state index contributed by atoms with van der Waals surface area (Å²) in [6.07, 6.45) is 5.27. The normalized spacial score (nSPS) is 21.1. The van der Waals surface area contributed by atoms with Crippen molar-refractivity contribution in [2.45, 2.75) is 42.1 Å². The molecule has 0 spiro atoms. The number of likely N-dealkylation sites (tertiary alicyclic amines) is 1. The number of rotatable bonds is 6. The van der Waals surface area contributed by atoms with Gasteiger partial charge < -0.3 is 15.4 Å². The first-order chi connectivity index (χ1) is 9.70. The maximum Gasteiger partial charge on any atom is 0.138 e. The van der Waals surface area contributed by atoms with Gasteiger partial charge in [-0.25, -0.2) is 0 Å². The molecule has 20 heavy (non-hydrogen) atoms. The molecule has 0 radical (unpaired) electrons. The predicted molar refractivity (Wildman–Crippen MR) is 84.6 cm³/mol. The van der Waals surface area contributed by atoms with E-state index in [1.165, 1.54) is 25.9 Å². The summed E-state index contributed by atoms with van der Waals surface area (Å²) in [5.74, 6) is 0.798. The van der Waals surface area contributed by atoms with Crippen LogP contribution < -0.4 is 10.5 Å². The van der Waals surface area contributed by atoms with E-state index in [-0.39, 0.29) is 5.37 Å². The highest BCUT2D eigenvalue weighted by atomic mass is 35.5. The number of nitrogens with zero attached hydrogens (tertiary/aromatic N) is 1. The van der Waals surface area contributed by atoms with Gasteiger partial charge in [-0.15, -0.1) is 11.8 Å². The Kier molecular flexibility index (Phi) is 4.76. The molecule has 1 aromatic rings. The van der Waals surface area contributed by atoms with E-state index < -0.39 is 0 Å². The van der Waals surface area contributed by atoms with Gasteiger partial charge in [-0.2, -0.15) is 0 Å². The average Bonchev–Trinajstić information content (AvgIpc) is 3.08. The third-order valence-corrected chi connectivity index (χ3v) is 4.92. The van der Waals surface area contributed by atoms with Crippen molar-refractivity contribution < 1.29 is 4.74 Å². The minimum absolute atomic E-state index is 0.0966. The number of ether oxygens (including phenoxy) is 1. The van der Waals surface area contributed by atoms with Crippen LogP contribution in [-0.2, 0) is 0 Å². The summed E-state index contributed by atoms with van der Waals surface area (Å²) in [5, 5.41) is 0.787. The molecule has 2 aliphatic rings. The molecule has 3 rings (SSSR count). The lowest BCUT2D eigenvalue weighted by Gasteiger charge is -2.20. The van der Waals surface area contributed by atoms with E-state index in [0.29, 0.717) is 11.1 Å². The summed E-state index contributed by atoms with van der Waals surface area (Å²) in [7, 11) is 0. The Morgan fingerprint density at radius 3 is 2.75 bits per heavy atom. The summed E-state index contributed by atoms with van der Waals surface area (Å²) in [6.45, 7) is 3.31. The lowest BCUT2D eigenvalue weighted by atomic mass is 10.3. The first kappa shape index (κ1) is 14.5. The summed E-state index contributed by atoms with van der Waals surface area (Å²) in [4.78, 5) is 3.55. The summed E-state index contributed by atoms with van der Waals surface area (Å²) >= 11 is 7.95. The third-order valence-electron chi connectivity index (χ3n) is 3.65. The van der Waals surface area contributed by atoms with Gasteiger partial charge in [0, 0.05) is 11.4 Å². The van der Waals surface area contributed by atoms with E-state index in [4.69, 9.17) is 22.1 Å². The zero-order valence-corrected chi connectivity index (χ0v) is 13.1. The second-order valence-electron chi connectivity index (χ2n) is 5.57. The van der Waals surface area contributed by atoms with Crippen molar-refractivity contribution in [1.82, 2.24) is 4.90 Å². The van der Waals surface area contributed by atoms with Gasteiger partial charge in [0.2, 0.25) is 0 Å². The molecule has 2 N–H and O–H groups in total. The van der Waals surface area contributed by atoms with Crippen LogP contribution in [0.4, 0.5) is 0 Å². The predicted octanol–water partition coefficient (Wildman–Crippen LogP) is 3.35. The van der Waals surface area contributed by atoms with E-state index in [2.05, 4.69) is 11.0 Å². The smallest absolute Gasteiger partial charge is 0.138 e. The van der Waals surface area contributed by atoms with Crippen LogP contribution in [0.3, 0.4) is 0 Å². The minimum atomic E-state index is 0.0966. The second kappa shape index (κ2) is 6.56. The molecular weight excluding hydrogens is 292 g/mol. The number of benzene rings is 1. The minimum Gasteiger partial charge on any atom is -0.489 e. The fourth-order valence-corrected chi connectivity index (χ4v) is 3.70. The number of hydrogen-bond acceptors (Lipinski definition) is 4. The van der Waals surface area contributed by atoms with Crippen LogP contribution in [0, 0.1) is 0 Å². The molecule has 1 aliphatic carbocycles. The topological polar surface area (TPSA) is 38.5 Å². The van der Waals surface area contributed by atoms with Crippen LogP contribution in [0.25, 0.3) is 0 Å². The third kappa shape index (κ3) is 4.04. The molecule has 1 heterocycles. The molecule has 5 heteroatoms. The van der Waals surface area contributed by atoms with Crippen molar-refractivity contribution in [3.8, 4) is 5.75 Å². The van der Waals surface area contributed by atoms with E-state index in [1.54, 1.807) is 11.8 Å². The average molecular weight is 313 g/mol. The quantitative estimate of drug-likeness (QED) is 0.646. The first-order valence-electron chi connectivity index (χ1n) is 7.31. The summed E-state index contributed by atoms with van der Waals surface area (Å²) in [6, 6.07) is 5.98. The monoisotopic (exact) mass is 312 g/mol. The Morgan fingerprint density at radius 1 is 1.35 bits per heavy atom. The van der Waals surface area contributed by atoms with Crippen molar-refractivity contribution in [1.29, 1.82) is 0 Å². The molecule has 2 fully saturated rings. The van der Waals surface area contributed by atoms with Gasteiger partial charge in [-0.05, 0) is 57.0 Å². The van der Waals surface area contributed by atoms with Crippen molar-refractivity contribution in [3.05, 3.63) is 23.2 Å². The fourth-order valence-electron chi connectivity index (χ4n) is 2.45. The Morgan fingerprint density at radius 2 is 2.10 bits per heavy atom. The van der Waals surface area contributed by atoms with Crippen LogP contribution in [0.15, 0.2) is 23.1 Å². The molecule has 0 aromatic heterocycles. The molecule has 1 saturated heterocycles. The highest BCUT2D eigenvalue weighted by molar-refractivity contribution is 8.00. The van der Waals surface area contributed by atoms with Gasteiger partial charge in [0.05, 0.1) is 16.5 Å². The van der Waals surface area contributed by atoms with E-state index in [0.717, 1.165) is 30.0 Å². The van der Waals surface area contributed by atoms with Crippen LogP contribution >= 0.6 is 23.4 Å². The Labute approximate surface area is 129 Å². The van der Waals surface area contributed by atoms with Gasteiger partial charge in [0.15, 0.2) is 0 Å². The zero-order valence-electron chi connectivity index (χ0n) is 11.6. The highest BCUT2D eigenvalue weighted by Crippen LogP contribution is 2.35. The van der Waals surface area contributed by atoms with Crippen molar-refractivity contribution in [2.24, 2.45) is 5.73 Å². The van der Waals surface area contributed by atoms with Crippen molar-refractivity contribution in [3.63, 3.8) is 0 Å². The van der Waals surface area contributed by atoms with E-state index >= 15 is 0 Å². The van der Waals surface area contributed by atoms with Gasteiger partial charge in [-0.1, -0.05) is 11.6 Å².